The van der Waals surface area contributed by atoms with Crippen LogP contribution in [0.15, 0.2) is 29.3 Å². The molecule has 0 aliphatic carbocycles. The molecule has 2 fully saturated rings. The quantitative estimate of drug-likeness (QED) is 0.254. The fraction of sp³-hybridized carbons (Fsp3) is 0.556. The molecule has 3 rings (SSSR count). The minimum Gasteiger partial charge on any atom is -0.373 e. The molecule has 2 heterocycles. The van der Waals surface area contributed by atoms with Crippen molar-refractivity contribution in [2.75, 3.05) is 19.6 Å². The first-order chi connectivity index (χ1) is 12.2. The summed E-state index contributed by atoms with van der Waals surface area (Å²) in [5, 5.41) is 9.32. The molecule has 1 amide bonds. The lowest BCUT2D eigenvalue weighted by Crippen LogP contribution is -2.47. The van der Waals surface area contributed by atoms with Gasteiger partial charge in [0.05, 0.1) is 30.4 Å². The molecule has 8 heteroatoms. The second-order valence-electron chi connectivity index (χ2n) is 6.36. The fourth-order valence-electron chi connectivity index (χ4n) is 3.36. The number of benzene rings is 1. The number of carbonyl (C=O) groups is 1. The smallest absolute Gasteiger partial charge is 0.254 e. The number of rotatable bonds is 6. The van der Waals surface area contributed by atoms with Gasteiger partial charge in [0, 0.05) is 13.1 Å². The predicted octanol–water partition coefficient (Wildman–Crippen LogP) is 2.05. The van der Waals surface area contributed by atoms with E-state index in [0.717, 1.165) is 31.8 Å². The maximum atomic E-state index is 13.6. The van der Waals surface area contributed by atoms with Crippen molar-refractivity contribution in [2.24, 2.45) is 4.99 Å². The van der Waals surface area contributed by atoms with Gasteiger partial charge in [0.25, 0.3) is 5.91 Å². The second kappa shape index (κ2) is 10.1. The van der Waals surface area contributed by atoms with Crippen molar-refractivity contribution in [1.29, 1.82) is 0 Å². The molecule has 26 heavy (non-hydrogen) atoms. The monoisotopic (exact) mass is 476 g/mol. The summed E-state index contributed by atoms with van der Waals surface area (Å²) in [5.74, 6) is -0.216. The zero-order valence-corrected chi connectivity index (χ0v) is 17.2. The number of fused-ring (bicyclic) bond motifs is 2. The highest BCUT2D eigenvalue weighted by atomic mass is 127. The highest BCUT2D eigenvalue weighted by molar-refractivity contribution is 14.0. The lowest BCUT2D eigenvalue weighted by Gasteiger charge is -2.22. The molecule has 0 saturated carbocycles. The van der Waals surface area contributed by atoms with E-state index in [4.69, 9.17) is 4.74 Å². The van der Waals surface area contributed by atoms with Gasteiger partial charge in [-0.25, -0.2) is 4.39 Å². The Balaban J connectivity index is 0.00000243. The second-order valence-corrected chi connectivity index (χ2v) is 6.36. The maximum Gasteiger partial charge on any atom is 0.254 e. The molecule has 2 saturated heterocycles. The number of aliphatic imine (C=N–C) groups is 1. The molecule has 144 valence electrons. The number of amides is 1. The van der Waals surface area contributed by atoms with Gasteiger partial charge in [-0.2, -0.15) is 0 Å². The van der Waals surface area contributed by atoms with Crippen molar-refractivity contribution >= 4 is 35.8 Å². The molecule has 2 bridgehead atoms. The number of nitrogens with zero attached hydrogens (tertiary/aromatic N) is 1. The van der Waals surface area contributed by atoms with Crippen LogP contribution in [0, 0.1) is 5.82 Å². The number of guanidine groups is 1. The molecule has 6 nitrogen and oxygen atoms in total. The standard InChI is InChI=1S/C18H25FN4O2.HI/c1-2-20-18(23-15-11-12-7-8-16(15)25-12)22-10-9-21-17(24)13-5-3-4-6-14(13)19;/h3-6,12,15-16H,2,7-11H2,1H3,(H,21,24)(H2,20,22,23);1H. The fourth-order valence-corrected chi connectivity index (χ4v) is 3.36. The number of hydrogen-bond donors (Lipinski definition) is 3. The molecule has 0 aromatic heterocycles. The molecular weight excluding hydrogens is 450 g/mol. The average Bonchev–Trinajstić information content (AvgIpc) is 3.22. The third-order valence-electron chi connectivity index (χ3n) is 4.56. The first-order valence-corrected chi connectivity index (χ1v) is 8.90. The van der Waals surface area contributed by atoms with Crippen molar-refractivity contribution in [3.63, 3.8) is 0 Å². The van der Waals surface area contributed by atoms with Crippen molar-refractivity contribution in [2.45, 2.75) is 44.4 Å². The predicted molar refractivity (Wildman–Crippen MR) is 110 cm³/mol. The van der Waals surface area contributed by atoms with Gasteiger partial charge in [0.15, 0.2) is 5.96 Å². The number of hydrogen-bond acceptors (Lipinski definition) is 3. The summed E-state index contributed by atoms with van der Waals surface area (Å²) < 4.78 is 19.4. The SMILES string of the molecule is CCNC(=NCCNC(=O)c1ccccc1F)NC1CC2CCC1O2.I. The average molecular weight is 476 g/mol. The zero-order chi connectivity index (χ0) is 17.6. The highest BCUT2D eigenvalue weighted by Crippen LogP contribution is 2.34. The Kier molecular flexibility index (Phi) is 8.08. The Labute approximate surface area is 170 Å². The molecule has 2 aliphatic rings. The maximum absolute atomic E-state index is 13.6. The molecule has 3 atom stereocenters. The highest BCUT2D eigenvalue weighted by Gasteiger charge is 2.41. The van der Waals surface area contributed by atoms with E-state index in [1.54, 1.807) is 12.1 Å². The number of nitrogens with one attached hydrogen (secondary N) is 3. The van der Waals surface area contributed by atoms with Crippen LogP contribution in [0.5, 0.6) is 0 Å². The van der Waals surface area contributed by atoms with Crippen LogP contribution in [0.4, 0.5) is 4.39 Å². The van der Waals surface area contributed by atoms with Crippen molar-refractivity contribution < 1.29 is 13.9 Å². The van der Waals surface area contributed by atoms with Crippen LogP contribution in [-0.2, 0) is 4.74 Å². The first kappa shape index (κ1) is 20.9. The lowest BCUT2D eigenvalue weighted by molar-refractivity contribution is 0.0950. The molecule has 1 aromatic carbocycles. The lowest BCUT2D eigenvalue weighted by atomic mass is 9.96. The molecule has 0 spiro atoms. The Morgan fingerprint density at radius 3 is 2.77 bits per heavy atom. The molecular formula is C18H26FIN4O2. The van der Waals surface area contributed by atoms with Crippen LogP contribution >= 0.6 is 24.0 Å². The van der Waals surface area contributed by atoms with Crippen LogP contribution in [0.3, 0.4) is 0 Å². The summed E-state index contributed by atoms with van der Waals surface area (Å²) >= 11 is 0. The number of ether oxygens (including phenoxy) is 1. The zero-order valence-electron chi connectivity index (χ0n) is 14.8. The van der Waals surface area contributed by atoms with Gasteiger partial charge in [-0.05, 0) is 38.3 Å². The molecule has 3 N–H and O–H groups in total. The van der Waals surface area contributed by atoms with Gasteiger partial charge in [0.2, 0.25) is 0 Å². The van der Waals surface area contributed by atoms with E-state index in [0.29, 0.717) is 25.2 Å². The van der Waals surface area contributed by atoms with Crippen LogP contribution in [0.1, 0.15) is 36.5 Å². The van der Waals surface area contributed by atoms with Gasteiger partial charge >= 0.3 is 0 Å². The summed E-state index contributed by atoms with van der Waals surface area (Å²) in [6.45, 7) is 3.53. The van der Waals surface area contributed by atoms with Crippen molar-refractivity contribution in [1.82, 2.24) is 16.0 Å². The summed E-state index contributed by atoms with van der Waals surface area (Å²) in [5.41, 5.74) is 0.0515. The largest absolute Gasteiger partial charge is 0.373 e. The number of halogens is 2. The van der Waals surface area contributed by atoms with Gasteiger partial charge in [-0.3, -0.25) is 9.79 Å². The van der Waals surface area contributed by atoms with Crippen LogP contribution in [0.2, 0.25) is 0 Å². The Bertz CT molecular complexity index is 643. The normalized spacial score (nSPS) is 24.1. The van der Waals surface area contributed by atoms with Gasteiger partial charge in [-0.1, -0.05) is 12.1 Å². The molecule has 3 unspecified atom stereocenters. The van der Waals surface area contributed by atoms with E-state index in [1.807, 2.05) is 6.92 Å². The molecule has 2 aliphatic heterocycles. The van der Waals surface area contributed by atoms with E-state index in [9.17, 15) is 9.18 Å². The molecule has 0 radical (unpaired) electrons. The van der Waals surface area contributed by atoms with E-state index in [1.165, 1.54) is 12.1 Å². The van der Waals surface area contributed by atoms with Gasteiger partial charge in [-0.15, -0.1) is 24.0 Å². The van der Waals surface area contributed by atoms with Crippen molar-refractivity contribution in [3.05, 3.63) is 35.6 Å². The summed E-state index contributed by atoms with van der Waals surface area (Å²) in [7, 11) is 0. The third kappa shape index (κ3) is 5.29. The Morgan fingerprint density at radius 1 is 1.31 bits per heavy atom. The summed E-state index contributed by atoms with van der Waals surface area (Å²) in [4.78, 5) is 16.4. The Hall–Kier alpha value is -1.42. The van der Waals surface area contributed by atoms with Crippen LogP contribution in [-0.4, -0.2) is 49.8 Å². The van der Waals surface area contributed by atoms with Crippen molar-refractivity contribution in [3.8, 4) is 0 Å². The van der Waals surface area contributed by atoms with Gasteiger partial charge in [0.1, 0.15) is 5.82 Å². The topological polar surface area (TPSA) is 74.8 Å². The van der Waals surface area contributed by atoms with E-state index >= 15 is 0 Å². The Morgan fingerprint density at radius 2 is 2.12 bits per heavy atom. The van der Waals surface area contributed by atoms with E-state index < -0.39 is 11.7 Å². The minimum absolute atomic E-state index is 0. The molecule has 1 aromatic rings. The summed E-state index contributed by atoms with van der Waals surface area (Å²) in [6, 6.07) is 6.24. The first-order valence-electron chi connectivity index (χ1n) is 8.90. The van der Waals surface area contributed by atoms with Gasteiger partial charge < -0.3 is 20.7 Å². The van der Waals surface area contributed by atoms with E-state index in [-0.39, 0.29) is 35.6 Å². The number of carbonyl (C=O) groups excluding carboxylic acids is 1. The minimum atomic E-state index is -0.519. The third-order valence-corrected chi connectivity index (χ3v) is 4.56. The van der Waals surface area contributed by atoms with Crippen LogP contribution in [0.25, 0.3) is 0 Å². The van der Waals surface area contributed by atoms with E-state index in [2.05, 4.69) is 20.9 Å². The van der Waals surface area contributed by atoms with Crippen LogP contribution < -0.4 is 16.0 Å². The summed E-state index contributed by atoms with van der Waals surface area (Å²) in [6.07, 6.45) is 3.91.